The molecule has 0 unspecified atom stereocenters. The van der Waals surface area contributed by atoms with E-state index in [0.717, 1.165) is 16.8 Å². The van der Waals surface area contributed by atoms with Crippen LogP contribution in [-0.4, -0.2) is 14.2 Å². The molecule has 130 valence electrons. The predicted octanol–water partition coefficient (Wildman–Crippen LogP) is 4.48. The van der Waals surface area contributed by atoms with E-state index in [-0.39, 0.29) is 5.56 Å². The second kappa shape index (κ2) is 6.46. The summed E-state index contributed by atoms with van der Waals surface area (Å²) in [6.45, 7) is 4.58. The fourth-order valence-electron chi connectivity index (χ4n) is 3.00. The van der Waals surface area contributed by atoms with Gasteiger partial charge in [-0.2, -0.15) is 5.10 Å². The number of aromatic nitrogens is 3. The summed E-state index contributed by atoms with van der Waals surface area (Å²) in [6, 6.07) is 15.6. The molecule has 4 aromatic rings. The molecule has 0 aliphatic carbocycles. The zero-order valence-corrected chi connectivity index (χ0v) is 15.4. The third-order valence-electron chi connectivity index (χ3n) is 4.70. The number of rotatable bonds is 3. The first-order valence-corrected chi connectivity index (χ1v) is 8.80. The van der Waals surface area contributed by atoms with Gasteiger partial charge in [0.1, 0.15) is 5.52 Å². The molecule has 4 nitrogen and oxygen atoms in total. The van der Waals surface area contributed by atoms with Crippen LogP contribution in [0.4, 0.5) is 0 Å². The van der Waals surface area contributed by atoms with E-state index in [1.54, 1.807) is 21.5 Å². The highest BCUT2D eigenvalue weighted by Gasteiger charge is 2.11. The molecule has 0 aliphatic rings. The van der Waals surface area contributed by atoms with Gasteiger partial charge in [0, 0.05) is 23.0 Å². The summed E-state index contributed by atoms with van der Waals surface area (Å²) < 4.78 is 3.29. The Kier molecular flexibility index (Phi) is 4.13. The van der Waals surface area contributed by atoms with Crippen molar-refractivity contribution in [2.24, 2.45) is 0 Å². The van der Waals surface area contributed by atoms with Crippen molar-refractivity contribution < 1.29 is 0 Å². The molecule has 0 aliphatic heterocycles. The molecule has 0 saturated heterocycles. The highest BCUT2D eigenvalue weighted by Crippen LogP contribution is 2.22. The molecule has 2 heterocycles. The standard InChI is InChI=1S/C21H18ClN3O/c1-14-7-8-16(11-15(14)2)19-12-20-21(26)24(9-10-25(20)23-19)13-17-5-3-4-6-18(17)22/h3-12H,13H2,1-2H3. The summed E-state index contributed by atoms with van der Waals surface area (Å²) in [4.78, 5) is 12.9. The quantitative estimate of drug-likeness (QED) is 0.538. The number of halogens is 1. The topological polar surface area (TPSA) is 39.3 Å². The van der Waals surface area contributed by atoms with E-state index < -0.39 is 0 Å². The number of benzene rings is 2. The average molecular weight is 364 g/mol. The van der Waals surface area contributed by atoms with Crippen LogP contribution in [0.5, 0.6) is 0 Å². The molecule has 0 amide bonds. The van der Waals surface area contributed by atoms with Crippen LogP contribution in [0.25, 0.3) is 16.8 Å². The second-order valence-corrected chi connectivity index (χ2v) is 6.89. The molecule has 2 aromatic heterocycles. The van der Waals surface area contributed by atoms with Crippen LogP contribution >= 0.6 is 11.6 Å². The van der Waals surface area contributed by atoms with E-state index in [1.807, 2.05) is 36.4 Å². The number of hydrogen-bond donors (Lipinski definition) is 0. The molecule has 0 radical (unpaired) electrons. The Labute approximate surface area is 156 Å². The summed E-state index contributed by atoms with van der Waals surface area (Å²) in [7, 11) is 0. The lowest BCUT2D eigenvalue weighted by Crippen LogP contribution is -2.21. The zero-order chi connectivity index (χ0) is 18.3. The van der Waals surface area contributed by atoms with E-state index in [0.29, 0.717) is 17.1 Å². The van der Waals surface area contributed by atoms with Gasteiger partial charge in [-0.1, -0.05) is 41.9 Å². The van der Waals surface area contributed by atoms with Crippen molar-refractivity contribution in [3.05, 3.63) is 93.0 Å². The van der Waals surface area contributed by atoms with Gasteiger partial charge in [-0.05, 0) is 48.7 Å². The van der Waals surface area contributed by atoms with E-state index in [2.05, 4.69) is 31.1 Å². The maximum atomic E-state index is 12.9. The first kappa shape index (κ1) is 16.6. The number of nitrogens with zero attached hydrogens (tertiary/aromatic N) is 3. The number of fused-ring (bicyclic) bond motifs is 1. The zero-order valence-electron chi connectivity index (χ0n) is 14.6. The Morgan fingerprint density at radius 3 is 2.58 bits per heavy atom. The second-order valence-electron chi connectivity index (χ2n) is 6.48. The predicted molar refractivity (Wildman–Crippen MR) is 105 cm³/mol. The van der Waals surface area contributed by atoms with Gasteiger partial charge in [-0.15, -0.1) is 0 Å². The molecule has 2 aromatic carbocycles. The lowest BCUT2D eigenvalue weighted by molar-refractivity contribution is 0.743. The molecule has 4 rings (SSSR count). The van der Waals surface area contributed by atoms with Gasteiger partial charge in [0.2, 0.25) is 0 Å². The third kappa shape index (κ3) is 2.93. The Morgan fingerprint density at radius 1 is 1.00 bits per heavy atom. The van der Waals surface area contributed by atoms with E-state index in [1.165, 1.54) is 11.1 Å². The van der Waals surface area contributed by atoms with Gasteiger partial charge in [0.25, 0.3) is 5.56 Å². The SMILES string of the molecule is Cc1ccc(-c2cc3c(=O)n(Cc4ccccc4Cl)ccn3n2)cc1C. The smallest absolute Gasteiger partial charge is 0.276 e. The minimum absolute atomic E-state index is 0.0880. The molecule has 0 fully saturated rings. The van der Waals surface area contributed by atoms with Crippen molar-refractivity contribution in [1.82, 2.24) is 14.2 Å². The summed E-state index contributed by atoms with van der Waals surface area (Å²) in [5.74, 6) is 0. The minimum Gasteiger partial charge on any atom is -0.308 e. The lowest BCUT2D eigenvalue weighted by Gasteiger charge is -2.07. The average Bonchev–Trinajstić information content (AvgIpc) is 3.07. The van der Waals surface area contributed by atoms with Crippen LogP contribution in [0.3, 0.4) is 0 Å². The fraction of sp³-hybridized carbons (Fsp3) is 0.143. The molecule has 26 heavy (non-hydrogen) atoms. The van der Waals surface area contributed by atoms with Crippen molar-refractivity contribution in [2.45, 2.75) is 20.4 Å². The highest BCUT2D eigenvalue weighted by molar-refractivity contribution is 6.31. The van der Waals surface area contributed by atoms with Crippen molar-refractivity contribution in [1.29, 1.82) is 0 Å². The molecule has 0 saturated carbocycles. The van der Waals surface area contributed by atoms with E-state index >= 15 is 0 Å². The third-order valence-corrected chi connectivity index (χ3v) is 5.07. The summed E-state index contributed by atoms with van der Waals surface area (Å²) in [6.07, 6.45) is 3.55. The van der Waals surface area contributed by atoms with Crippen LogP contribution < -0.4 is 5.56 Å². The maximum Gasteiger partial charge on any atom is 0.276 e. The van der Waals surface area contributed by atoms with E-state index in [9.17, 15) is 4.79 Å². The molecule has 5 heteroatoms. The minimum atomic E-state index is -0.0880. The van der Waals surface area contributed by atoms with Gasteiger partial charge in [-0.3, -0.25) is 4.79 Å². The van der Waals surface area contributed by atoms with Crippen LogP contribution in [0.2, 0.25) is 5.02 Å². The Hall–Kier alpha value is -2.85. The molecule has 0 bridgehead atoms. The first-order chi connectivity index (χ1) is 12.5. The van der Waals surface area contributed by atoms with Gasteiger partial charge in [0.05, 0.1) is 12.2 Å². The van der Waals surface area contributed by atoms with Crippen molar-refractivity contribution in [3.63, 3.8) is 0 Å². The number of aryl methyl sites for hydroxylation is 2. The van der Waals surface area contributed by atoms with Gasteiger partial charge < -0.3 is 4.57 Å². The molecular formula is C21H18ClN3O. The highest BCUT2D eigenvalue weighted by atomic mass is 35.5. The van der Waals surface area contributed by atoms with Crippen molar-refractivity contribution in [2.75, 3.05) is 0 Å². The fourth-order valence-corrected chi connectivity index (χ4v) is 3.20. The first-order valence-electron chi connectivity index (χ1n) is 8.43. The Morgan fingerprint density at radius 2 is 1.81 bits per heavy atom. The summed E-state index contributed by atoms with van der Waals surface area (Å²) in [5, 5.41) is 5.21. The van der Waals surface area contributed by atoms with Crippen LogP contribution in [0, 0.1) is 13.8 Å². The molecular weight excluding hydrogens is 346 g/mol. The normalized spacial score (nSPS) is 11.2. The van der Waals surface area contributed by atoms with Crippen molar-refractivity contribution >= 4 is 17.1 Å². The summed E-state index contributed by atoms with van der Waals surface area (Å²) in [5.41, 5.74) is 5.61. The van der Waals surface area contributed by atoms with Gasteiger partial charge >= 0.3 is 0 Å². The largest absolute Gasteiger partial charge is 0.308 e. The molecule has 0 spiro atoms. The number of hydrogen-bond acceptors (Lipinski definition) is 2. The van der Waals surface area contributed by atoms with Crippen LogP contribution in [0.15, 0.2) is 65.7 Å². The van der Waals surface area contributed by atoms with Gasteiger partial charge in [-0.25, -0.2) is 4.52 Å². The van der Waals surface area contributed by atoms with E-state index in [4.69, 9.17) is 11.6 Å². The van der Waals surface area contributed by atoms with Crippen molar-refractivity contribution in [3.8, 4) is 11.3 Å². The lowest BCUT2D eigenvalue weighted by atomic mass is 10.0. The summed E-state index contributed by atoms with van der Waals surface area (Å²) >= 11 is 6.22. The monoisotopic (exact) mass is 363 g/mol. The molecule has 0 N–H and O–H groups in total. The molecule has 0 atom stereocenters. The maximum absolute atomic E-state index is 12.9. The Bertz CT molecular complexity index is 1170. The Balaban J connectivity index is 1.77. The van der Waals surface area contributed by atoms with Crippen LogP contribution in [0.1, 0.15) is 16.7 Å². The van der Waals surface area contributed by atoms with Crippen LogP contribution in [-0.2, 0) is 6.54 Å². The van der Waals surface area contributed by atoms with Gasteiger partial charge in [0.15, 0.2) is 0 Å².